The van der Waals surface area contributed by atoms with Crippen LogP contribution in [0.5, 0.6) is 0 Å². The summed E-state index contributed by atoms with van der Waals surface area (Å²) in [7, 11) is 0. The Morgan fingerprint density at radius 3 is 3.09 bits per heavy atom. The number of nitrogens with two attached hydrogens (primary N) is 1. The molecule has 0 aliphatic rings. The van der Waals surface area contributed by atoms with Gasteiger partial charge in [-0.15, -0.1) is 0 Å². The minimum atomic E-state index is 0.191. The van der Waals surface area contributed by atoms with Crippen molar-refractivity contribution >= 4 is 17.3 Å². The number of carbonyl (C=O) groups excluding carboxylic acids is 1. The Kier molecular flexibility index (Phi) is 3.19. The SMILES string of the molecule is NCCC(=O)Cc1ccns1. The van der Waals surface area contributed by atoms with E-state index in [-0.39, 0.29) is 5.78 Å². The molecule has 0 saturated heterocycles. The Bertz CT molecular complexity index is 220. The van der Waals surface area contributed by atoms with Crippen molar-refractivity contribution in [2.75, 3.05) is 6.54 Å². The van der Waals surface area contributed by atoms with Crippen LogP contribution in [0.1, 0.15) is 11.3 Å². The van der Waals surface area contributed by atoms with Crippen molar-refractivity contribution in [1.29, 1.82) is 0 Å². The summed E-state index contributed by atoms with van der Waals surface area (Å²) < 4.78 is 3.89. The molecule has 60 valence electrons. The van der Waals surface area contributed by atoms with Crippen LogP contribution in [-0.2, 0) is 11.2 Å². The molecule has 0 bridgehead atoms. The molecule has 0 aliphatic carbocycles. The van der Waals surface area contributed by atoms with Crippen LogP contribution >= 0.6 is 11.5 Å². The fourth-order valence-corrected chi connectivity index (χ4v) is 1.38. The van der Waals surface area contributed by atoms with E-state index in [4.69, 9.17) is 5.73 Å². The summed E-state index contributed by atoms with van der Waals surface area (Å²) in [5.74, 6) is 0.191. The largest absolute Gasteiger partial charge is 0.330 e. The zero-order valence-electron chi connectivity index (χ0n) is 6.12. The van der Waals surface area contributed by atoms with E-state index in [2.05, 4.69) is 4.37 Å². The number of ketones is 1. The lowest BCUT2D eigenvalue weighted by Gasteiger charge is -1.93. The summed E-state index contributed by atoms with van der Waals surface area (Å²) >= 11 is 1.37. The van der Waals surface area contributed by atoms with Crippen molar-refractivity contribution in [3.8, 4) is 0 Å². The van der Waals surface area contributed by atoms with Gasteiger partial charge >= 0.3 is 0 Å². The van der Waals surface area contributed by atoms with E-state index in [9.17, 15) is 4.79 Å². The van der Waals surface area contributed by atoms with Crippen LogP contribution in [0.4, 0.5) is 0 Å². The van der Waals surface area contributed by atoms with E-state index in [1.54, 1.807) is 6.20 Å². The van der Waals surface area contributed by atoms with E-state index in [0.717, 1.165) is 4.88 Å². The van der Waals surface area contributed by atoms with Crippen molar-refractivity contribution < 1.29 is 4.79 Å². The average Bonchev–Trinajstić information content (AvgIpc) is 2.40. The lowest BCUT2D eigenvalue weighted by Crippen LogP contribution is -2.09. The molecule has 0 radical (unpaired) electrons. The first-order valence-electron chi connectivity index (χ1n) is 3.44. The van der Waals surface area contributed by atoms with Crippen LogP contribution in [0.3, 0.4) is 0 Å². The predicted octanol–water partition coefficient (Wildman–Crippen LogP) is 0.603. The van der Waals surface area contributed by atoms with Crippen molar-refractivity contribution in [1.82, 2.24) is 4.37 Å². The first-order chi connectivity index (χ1) is 5.33. The fraction of sp³-hybridized carbons (Fsp3) is 0.429. The fourth-order valence-electron chi connectivity index (χ4n) is 0.777. The third-order valence-corrected chi connectivity index (χ3v) is 2.03. The number of nitrogens with zero attached hydrogens (tertiary/aromatic N) is 1. The lowest BCUT2D eigenvalue weighted by molar-refractivity contribution is -0.118. The summed E-state index contributed by atoms with van der Waals surface area (Å²) in [6.07, 6.45) is 2.66. The summed E-state index contributed by atoms with van der Waals surface area (Å²) in [6, 6.07) is 1.86. The van der Waals surface area contributed by atoms with Crippen molar-refractivity contribution in [3.05, 3.63) is 17.1 Å². The minimum Gasteiger partial charge on any atom is -0.330 e. The van der Waals surface area contributed by atoms with Gasteiger partial charge in [0.25, 0.3) is 0 Å². The van der Waals surface area contributed by atoms with Gasteiger partial charge in [-0.3, -0.25) is 4.79 Å². The van der Waals surface area contributed by atoms with Gasteiger partial charge in [0.2, 0.25) is 0 Å². The summed E-state index contributed by atoms with van der Waals surface area (Å²) in [5.41, 5.74) is 5.23. The molecule has 0 spiro atoms. The van der Waals surface area contributed by atoms with Crippen LogP contribution < -0.4 is 5.73 Å². The topological polar surface area (TPSA) is 56.0 Å². The van der Waals surface area contributed by atoms with Gasteiger partial charge in [-0.1, -0.05) is 0 Å². The highest BCUT2D eigenvalue weighted by Gasteiger charge is 2.02. The Morgan fingerprint density at radius 1 is 1.73 bits per heavy atom. The molecular formula is C7H10N2OS. The molecule has 1 aromatic heterocycles. The molecule has 1 heterocycles. The molecule has 4 heteroatoms. The zero-order valence-corrected chi connectivity index (χ0v) is 6.93. The van der Waals surface area contributed by atoms with E-state index < -0.39 is 0 Å². The molecule has 0 atom stereocenters. The van der Waals surface area contributed by atoms with Crippen LogP contribution in [0, 0.1) is 0 Å². The van der Waals surface area contributed by atoms with Crippen molar-refractivity contribution in [3.63, 3.8) is 0 Å². The maximum atomic E-state index is 11.0. The van der Waals surface area contributed by atoms with Crippen molar-refractivity contribution in [2.24, 2.45) is 5.73 Å². The molecule has 0 aliphatic heterocycles. The second-order valence-electron chi connectivity index (χ2n) is 2.23. The standard InChI is InChI=1S/C7H10N2OS/c8-3-1-6(10)5-7-2-4-9-11-7/h2,4H,1,3,5,8H2. The van der Waals surface area contributed by atoms with E-state index in [1.807, 2.05) is 6.07 Å². The Labute approximate surface area is 69.4 Å². The van der Waals surface area contributed by atoms with Crippen LogP contribution in [0.25, 0.3) is 0 Å². The van der Waals surface area contributed by atoms with Gasteiger partial charge in [-0.25, -0.2) is 4.37 Å². The summed E-state index contributed by atoms with van der Waals surface area (Å²) in [4.78, 5) is 12.0. The molecule has 0 fully saturated rings. The molecule has 0 amide bonds. The molecule has 0 unspecified atom stereocenters. The molecule has 0 saturated carbocycles. The van der Waals surface area contributed by atoms with Crippen molar-refractivity contribution in [2.45, 2.75) is 12.8 Å². The first kappa shape index (κ1) is 8.36. The number of Topliss-reactive ketones (excluding diaryl/α,β-unsaturated/α-hetero) is 1. The third kappa shape index (κ3) is 2.78. The Balaban J connectivity index is 2.37. The second kappa shape index (κ2) is 4.20. The number of hydrogen-bond acceptors (Lipinski definition) is 4. The molecule has 1 aromatic rings. The first-order valence-corrected chi connectivity index (χ1v) is 4.21. The summed E-state index contributed by atoms with van der Waals surface area (Å²) in [5, 5.41) is 0. The quantitative estimate of drug-likeness (QED) is 0.720. The molecular weight excluding hydrogens is 160 g/mol. The molecule has 0 aromatic carbocycles. The van der Waals surface area contributed by atoms with E-state index in [1.165, 1.54) is 11.5 Å². The number of hydrogen-bond donors (Lipinski definition) is 1. The van der Waals surface area contributed by atoms with Crippen LogP contribution in [0.2, 0.25) is 0 Å². The van der Waals surface area contributed by atoms with Crippen LogP contribution in [-0.4, -0.2) is 16.7 Å². The Morgan fingerprint density at radius 2 is 2.55 bits per heavy atom. The average molecular weight is 170 g/mol. The lowest BCUT2D eigenvalue weighted by atomic mass is 10.2. The van der Waals surface area contributed by atoms with Gasteiger partial charge in [0, 0.05) is 23.9 Å². The zero-order chi connectivity index (χ0) is 8.10. The molecule has 2 N–H and O–H groups in total. The minimum absolute atomic E-state index is 0.191. The monoisotopic (exact) mass is 170 g/mol. The highest BCUT2D eigenvalue weighted by Crippen LogP contribution is 2.06. The van der Waals surface area contributed by atoms with Gasteiger partial charge < -0.3 is 5.73 Å². The predicted molar refractivity (Wildman–Crippen MR) is 44.5 cm³/mol. The number of aromatic nitrogens is 1. The smallest absolute Gasteiger partial charge is 0.139 e. The highest BCUT2D eigenvalue weighted by molar-refractivity contribution is 7.05. The maximum Gasteiger partial charge on any atom is 0.139 e. The molecule has 11 heavy (non-hydrogen) atoms. The molecule has 1 rings (SSSR count). The highest BCUT2D eigenvalue weighted by atomic mass is 32.1. The molecule has 3 nitrogen and oxygen atoms in total. The van der Waals surface area contributed by atoms with Gasteiger partial charge in [0.1, 0.15) is 5.78 Å². The van der Waals surface area contributed by atoms with Gasteiger partial charge in [-0.05, 0) is 24.1 Å². The Hall–Kier alpha value is -0.740. The third-order valence-electron chi connectivity index (χ3n) is 1.29. The normalized spacial score (nSPS) is 9.91. The second-order valence-corrected chi connectivity index (χ2v) is 3.15. The summed E-state index contributed by atoms with van der Waals surface area (Å²) in [6.45, 7) is 0.442. The van der Waals surface area contributed by atoms with E-state index >= 15 is 0 Å². The maximum absolute atomic E-state index is 11.0. The van der Waals surface area contributed by atoms with Gasteiger partial charge in [0.05, 0.1) is 0 Å². The van der Waals surface area contributed by atoms with Crippen LogP contribution in [0.15, 0.2) is 12.3 Å². The number of rotatable bonds is 4. The van der Waals surface area contributed by atoms with Gasteiger partial charge in [0.15, 0.2) is 0 Å². The van der Waals surface area contributed by atoms with E-state index in [0.29, 0.717) is 19.4 Å². The van der Waals surface area contributed by atoms with Gasteiger partial charge in [-0.2, -0.15) is 0 Å². The number of carbonyl (C=O) groups is 1.